The Morgan fingerprint density at radius 2 is 1.80 bits per heavy atom. The quantitative estimate of drug-likeness (QED) is 0.767. The van der Waals surface area contributed by atoms with Gasteiger partial charge in [-0.1, -0.05) is 12.2 Å². The van der Waals surface area contributed by atoms with Crippen LogP contribution in [-0.4, -0.2) is 73.5 Å². The van der Waals surface area contributed by atoms with Crippen LogP contribution in [0.15, 0.2) is 42.1 Å². The number of piperidine rings is 1. The lowest BCUT2D eigenvalue weighted by molar-refractivity contribution is 0.0816. The number of benzene rings is 1. The summed E-state index contributed by atoms with van der Waals surface area (Å²) in [7, 11) is 1.88. The highest BCUT2D eigenvalue weighted by atomic mass is 16.2. The van der Waals surface area contributed by atoms with Crippen molar-refractivity contribution in [3.8, 4) is 0 Å². The minimum atomic E-state index is 0.156. The fourth-order valence-electron chi connectivity index (χ4n) is 5.46. The molecule has 0 bridgehead atoms. The number of carbonyl (C=O) groups is 1. The van der Waals surface area contributed by atoms with Gasteiger partial charge in [-0.3, -0.25) is 9.69 Å². The van der Waals surface area contributed by atoms with E-state index in [1.54, 1.807) is 10.6 Å². The third kappa shape index (κ3) is 4.00. The molecule has 0 saturated carbocycles. The minimum absolute atomic E-state index is 0.156. The number of likely N-dealkylation sites (tertiary alicyclic amines) is 1. The van der Waals surface area contributed by atoms with Gasteiger partial charge in [-0.15, -0.1) is 0 Å². The molecule has 5 nitrogen and oxygen atoms in total. The van der Waals surface area contributed by atoms with Crippen LogP contribution >= 0.6 is 0 Å². The summed E-state index contributed by atoms with van der Waals surface area (Å²) >= 11 is 0. The zero-order valence-corrected chi connectivity index (χ0v) is 18.2. The molecule has 3 heterocycles. The van der Waals surface area contributed by atoms with Gasteiger partial charge in [0.15, 0.2) is 0 Å². The van der Waals surface area contributed by atoms with Gasteiger partial charge in [0.05, 0.1) is 0 Å². The molecule has 1 aliphatic carbocycles. The first-order valence-corrected chi connectivity index (χ1v) is 11.6. The standard InChI is InChI=1S/C25H34N4O/c1-26-19-21-17-23(7-8-24(21)25(26)30)29-15-13-27(14-16-29)18-20-9-11-28(12-10-20)22-5-3-2-4-6-22/h2-3,5,7-8,17,20H,4,6,9-16,18-19H2,1H3. The monoisotopic (exact) mass is 406 g/mol. The van der Waals surface area contributed by atoms with Gasteiger partial charge in [0.2, 0.25) is 0 Å². The molecular formula is C25H34N4O. The number of piperazine rings is 1. The van der Waals surface area contributed by atoms with Crippen LogP contribution in [0, 0.1) is 5.92 Å². The molecule has 1 amide bonds. The van der Waals surface area contributed by atoms with E-state index < -0.39 is 0 Å². The van der Waals surface area contributed by atoms with Crippen molar-refractivity contribution in [2.75, 3.05) is 57.8 Å². The van der Waals surface area contributed by atoms with Crippen LogP contribution in [-0.2, 0) is 6.54 Å². The summed E-state index contributed by atoms with van der Waals surface area (Å²) in [5.74, 6) is 0.998. The van der Waals surface area contributed by atoms with Crippen LogP contribution in [0.25, 0.3) is 0 Å². The molecule has 1 aromatic carbocycles. The average Bonchev–Trinajstić information content (AvgIpc) is 3.08. The van der Waals surface area contributed by atoms with Crippen molar-refractivity contribution in [1.29, 1.82) is 0 Å². The van der Waals surface area contributed by atoms with Crippen LogP contribution in [0.4, 0.5) is 5.69 Å². The molecule has 4 aliphatic rings. The Hall–Kier alpha value is -2.27. The van der Waals surface area contributed by atoms with Crippen molar-refractivity contribution < 1.29 is 4.79 Å². The fourth-order valence-corrected chi connectivity index (χ4v) is 5.46. The summed E-state index contributed by atoms with van der Waals surface area (Å²) in [6, 6.07) is 6.39. The second-order valence-electron chi connectivity index (χ2n) is 9.35. The SMILES string of the molecule is CN1Cc2cc(N3CCN(CC4CCN(C5=CC=CCC5)CC4)CC3)ccc2C1=O. The molecule has 2 saturated heterocycles. The maximum Gasteiger partial charge on any atom is 0.254 e. The summed E-state index contributed by atoms with van der Waals surface area (Å²) < 4.78 is 0. The van der Waals surface area contributed by atoms with E-state index >= 15 is 0 Å². The molecule has 0 atom stereocenters. The van der Waals surface area contributed by atoms with Crippen molar-refractivity contribution in [3.05, 3.63) is 53.3 Å². The molecule has 1 aromatic rings. The van der Waals surface area contributed by atoms with Crippen molar-refractivity contribution in [2.24, 2.45) is 5.92 Å². The molecule has 0 spiro atoms. The zero-order chi connectivity index (χ0) is 20.5. The number of anilines is 1. The van der Waals surface area contributed by atoms with E-state index in [1.165, 1.54) is 56.6 Å². The van der Waals surface area contributed by atoms with E-state index in [4.69, 9.17) is 0 Å². The van der Waals surface area contributed by atoms with E-state index in [0.717, 1.165) is 44.2 Å². The van der Waals surface area contributed by atoms with Crippen LogP contribution in [0.3, 0.4) is 0 Å². The normalized spacial score (nSPS) is 23.2. The summed E-state index contributed by atoms with van der Waals surface area (Å²) in [5, 5.41) is 0. The Morgan fingerprint density at radius 1 is 1.00 bits per heavy atom. The molecule has 30 heavy (non-hydrogen) atoms. The topological polar surface area (TPSA) is 30.0 Å². The number of amides is 1. The van der Waals surface area contributed by atoms with Crippen LogP contribution < -0.4 is 4.90 Å². The molecule has 5 heteroatoms. The number of carbonyl (C=O) groups excluding carboxylic acids is 1. The predicted octanol–water partition coefficient (Wildman–Crippen LogP) is 3.34. The fraction of sp³-hybridized carbons (Fsp3) is 0.560. The van der Waals surface area contributed by atoms with E-state index in [2.05, 4.69) is 45.1 Å². The number of hydrogen-bond donors (Lipinski definition) is 0. The number of rotatable bonds is 4. The lowest BCUT2D eigenvalue weighted by Gasteiger charge is -2.40. The first-order chi connectivity index (χ1) is 14.7. The highest BCUT2D eigenvalue weighted by molar-refractivity contribution is 5.98. The molecule has 160 valence electrons. The van der Waals surface area contributed by atoms with E-state index in [-0.39, 0.29) is 5.91 Å². The Balaban J connectivity index is 1.10. The Labute approximate surface area is 180 Å². The van der Waals surface area contributed by atoms with E-state index in [9.17, 15) is 4.79 Å². The average molecular weight is 407 g/mol. The van der Waals surface area contributed by atoms with Gasteiger partial charge in [0, 0.05) is 76.4 Å². The predicted molar refractivity (Wildman–Crippen MR) is 122 cm³/mol. The zero-order valence-electron chi connectivity index (χ0n) is 18.2. The molecule has 0 unspecified atom stereocenters. The second kappa shape index (κ2) is 8.46. The Bertz CT molecular complexity index is 845. The van der Waals surface area contributed by atoms with E-state index in [1.807, 2.05) is 13.1 Å². The second-order valence-corrected chi connectivity index (χ2v) is 9.35. The van der Waals surface area contributed by atoms with Crippen LogP contribution in [0.1, 0.15) is 41.6 Å². The third-order valence-electron chi connectivity index (χ3n) is 7.34. The van der Waals surface area contributed by atoms with Gasteiger partial charge in [-0.05, 0) is 61.4 Å². The number of hydrogen-bond acceptors (Lipinski definition) is 4. The number of fused-ring (bicyclic) bond motifs is 1. The molecule has 0 radical (unpaired) electrons. The van der Waals surface area contributed by atoms with Crippen LogP contribution in [0.5, 0.6) is 0 Å². The third-order valence-corrected chi connectivity index (χ3v) is 7.34. The van der Waals surface area contributed by atoms with Gasteiger partial charge in [-0.2, -0.15) is 0 Å². The summed E-state index contributed by atoms with van der Waals surface area (Å²) in [6.07, 6.45) is 11.9. The Morgan fingerprint density at radius 3 is 2.53 bits per heavy atom. The van der Waals surface area contributed by atoms with E-state index in [0.29, 0.717) is 0 Å². The summed E-state index contributed by atoms with van der Waals surface area (Å²) in [4.78, 5) is 21.7. The summed E-state index contributed by atoms with van der Waals surface area (Å²) in [6.45, 7) is 8.91. The minimum Gasteiger partial charge on any atom is -0.375 e. The van der Waals surface area contributed by atoms with Gasteiger partial charge < -0.3 is 14.7 Å². The van der Waals surface area contributed by atoms with Crippen LogP contribution in [0.2, 0.25) is 0 Å². The maximum absolute atomic E-state index is 12.1. The molecule has 0 N–H and O–H groups in total. The molecule has 2 fully saturated rings. The Kier molecular flexibility index (Phi) is 5.55. The van der Waals surface area contributed by atoms with Gasteiger partial charge >= 0.3 is 0 Å². The van der Waals surface area contributed by atoms with Gasteiger partial charge in [0.25, 0.3) is 5.91 Å². The highest BCUT2D eigenvalue weighted by Gasteiger charge is 2.27. The number of nitrogens with zero attached hydrogens (tertiary/aromatic N) is 4. The summed E-state index contributed by atoms with van der Waals surface area (Å²) in [5.41, 5.74) is 4.88. The van der Waals surface area contributed by atoms with Crippen molar-refractivity contribution >= 4 is 11.6 Å². The highest BCUT2D eigenvalue weighted by Crippen LogP contribution is 2.28. The van der Waals surface area contributed by atoms with Gasteiger partial charge in [-0.25, -0.2) is 0 Å². The first kappa shape index (κ1) is 19.7. The maximum atomic E-state index is 12.1. The smallest absolute Gasteiger partial charge is 0.254 e. The van der Waals surface area contributed by atoms with Crippen molar-refractivity contribution in [1.82, 2.24) is 14.7 Å². The largest absolute Gasteiger partial charge is 0.375 e. The lowest BCUT2D eigenvalue weighted by Crippen LogP contribution is -2.48. The van der Waals surface area contributed by atoms with Gasteiger partial charge in [0.1, 0.15) is 0 Å². The molecule has 5 rings (SSSR count). The number of allylic oxidation sites excluding steroid dienone is 4. The first-order valence-electron chi connectivity index (χ1n) is 11.6. The molecular weight excluding hydrogens is 372 g/mol. The van der Waals surface area contributed by atoms with Crippen molar-refractivity contribution in [2.45, 2.75) is 32.2 Å². The molecule has 3 aliphatic heterocycles. The van der Waals surface area contributed by atoms with Crippen molar-refractivity contribution in [3.63, 3.8) is 0 Å². The lowest BCUT2D eigenvalue weighted by atomic mass is 9.94. The molecule has 0 aromatic heterocycles.